The Bertz CT molecular complexity index is 1710. The number of hydrogen-bond acceptors (Lipinski definition) is 3. The summed E-state index contributed by atoms with van der Waals surface area (Å²) in [5.74, 6) is -4.48. The van der Waals surface area contributed by atoms with Gasteiger partial charge in [-0.1, -0.05) is 84.9 Å². The minimum Gasteiger partial charge on any atom is -0.204 e. The zero-order valence-electron chi connectivity index (χ0n) is 19.8. The van der Waals surface area contributed by atoms with E-state index in [9.17, 15) is 26.3 Å². The van der Waals surface area contributed by atoms with Gasteiger partial charge < -0.3 is 0 Å². The summed E-state index contributed by atoms with van der Waals surface area (Å²) < 4.78 is 81.0. The zero-order valence-corrected chi connectivity index (χ0v) is 19.8. The molecule has 0 aliphatic heterocycles. The van der Waals surface area contributed by atoms with Gasteiger partial charge in [0.25, 0.3) is 0 Å². The van der Waals surface area contributed by atoms with E-state index in [1.165, 1.54) is 6.07 Å². The molecule has 2 aliphatic carbocycles. The van der Waals surface area contributed by atoms with Gasteiger partial charge in [0.2, 0.25) is 11.6 Å². The first-order valence-corrected chi connectivity index (χ1v) is 11.9. The van der Waals surface area contributed by atoms with Gasteiger partial charge in [0.1, 0.15) is 0 Å². The first-order valence-electron chi connectivity index (χ1n) is 11.9. The monoisotopic (exact) mass is 531 g/mol. The highest BCUT2D eigenvalue weighted by atomic mass is 19.4. The molecule has 4 aromatic carbocycles. The number of halogens is 6. The molecule has 5 aromatic rings. The van der Waals surface area contributed by atoms with Crippen LogP contribution in [0.15, 0.2) is 91.0 Å². The topological polar surface area (TPSA) is 38.7 Å². The van der Waals surface area contributed by atoms with E-state index < -0.39 is 35.2 Å². The fourth-order valence-electron chi connectivity index (χ4n) is 5.99. The normalized spacial score (nSPS) is 14.6. The van der Waals surface area contributed by atoms with Crippen molar-refractivity contribution in [2.45, 2.75) is 17.8 Å². The molecule has 0 amide bonds. The predicted octanol–water partition coefficient (Wildman–Crippen LogP) is 7.92. The van der Waals surface area contributed by atoms with Gasteiger partial charge in [-0.15, -0.1) is 0 Å². The van der Waals surface area contributed by atoms with Gasteiger partial charge in [-0.2, -0.15) is 26.3 Å². The molecule has 1 spiro atoms. The Labute approximate surface area is 217 Å². The summed E-state index contributed by atoms with van der Waals surface area (Å²) in [4.78, 5) is 9.50. The van der Waals surface area contributed by atoms with Gasteiger partial charge in [0.05, 0.1) is 5.41 Å². The lowest BCUT2D eigenvalue weighted by Crippen LogP contribution is -2.26. The molecule has 3 nitrogen and oxygen atoms in total. The molecule has 0 unspecified atom stereocenters. The third-order valence-electron chi connectivity index (χ3n) is 7.40. The van der Waals surface area contributed by atoms with Crippen molar-refractivity contribution >= 4 is 0 Å². The van der Waals surface area contributed by atoms with E-state index in [2.05, 4.69) is 15.0 Å². The molecule has 1 aromatic heterocycles. The highest BCUT2D eigenvalue weighted by Gasteiger charge is 2.51. The Morgan fingerprint density at radius 1 is 0.462 bits per heavy atom. The fourth-order valence-corrected chi connectivity index (χ4v) is 5.99. The maximum absolute atomic E-state index is 13.5. The third-order valence-corrected chi connectivity index (χ3v) is 7.40. The van der Waals surface area contributed by atoms with E-state index in [-0.39, 0.29) is 5.56 Å². The molecule has 0 saturated heterocycles. The van der Waals surface area contributed by atoms with E-state index in [0.29, 0.717) is 0 Å². The second kappa shape index (κ2) is 7.75. The lowest BCUT2D eigenvalue weighted by Gasteiger charge is -2.30. The molecular formula is C30H15F6N3. The van der Waals surface area contributed by atoms with Crippen LogP contribution in [0, 0.1) is 0 Å². The zero-order chi connectivity index (χ0) is 27.2. The summed E-state index contributed by atoms with van der Waals surface area (Å²) in [6, 6.07) is 28.4. The molecule has 0 atom stereocenters. The van der Waals surface area contributed by atoms with Gasteiger partial charge in [-0.3, -0.25) is 0 Å². The Balaban J connectivity index is 1.55. The first kappa shape index (κ1) is 23.6. The van der Waals surface area contributed by atoms with E-state index in [0.717, 1.165) is 44.5 Å². The Morgan fingerprint density at radius 3 is 1.31 bits per heavy atom. The van der Waals surface area contributed by atoms with Crippen LogP contribution in [0.3, 0.4) is 0 Å². The Hall–Kier alpha value is -4.53. The van der Waals surface area contributed by atoms with Crippen LogP contribution >= 0.6 is 0 Å². The van der Waals surface area contributed by atoms with E-state index in [4.69, 9.17) is 0 Å². The summed E-state index contributed by atoms with van der Waals surface area (Å²) in [5, 5.41) is 0. The highest BCUT2D eigenvalue weighted by Crippen LogP contribution is 2.62. The Kier molecular flexibility index (Phi) is 4.69. The maximum atomic E-state index is 13.5. The van der Waals surface area contributed by atoms with Crippen molar-refractivity contribution in [3.05, 3.63) is 125 Å². The third kappa shape index (κ3) is 3.22. The number of alkyl halides is 6. The average Bonchev–Trinajstić information content (AvgIpc) is 3.39. The van der Waals surface area contributed by atoms with E-state index >= 15 is 0 Å². The quantitative estimate of drug-likeness (QED) is 0.202. The maximum Gasteiger partial charge on any atom is 0.451 e. The summed E-state index contributed by atoms with van der Waals surface area (Å²) >= 11 is 0. The van der Waals surface area contributed by atoms with E-state index in [1.807, 2.05) is 72.8 Å². The minimum atomic E-state index is -5.19. The van der Waals surface area contributed by atoms with Crippen LogP contribution in [-0.2, 0) is 17.8 Å². The number of rotatable bonds is 1. The predicted molar refractivity (Wildman–Crippen MR) is 132 cm³/mol. The van der Waals surface area contributed by atoms with Gasteiger partial charge in [0.15, 0.2) is 5.82 Å². The van der Waals surface area contributed by atoms with E-state index in [1.54, 1.807) is 12.1 Å². The number of benzene rings is 4. The summed E-state index contributed by atoms with van der Waals surface area (Å²) in [7, 11) is 0. The molecule has 2 aliphatic rings. The van der Waals surface area contributed by atoms with Crippen molar-refractivity contribution in [1.82, 2.24) is 15.0 Å². The molecule has 0 radical (unpaired) electrons. The highest BCUT2D eigenvalue weighted by molar-refractivity contribution is 5.95. The van der Waals surface area contributed by atoms with Crippen LogP contribution in [0.4, 0.5) is 26.3 Å². The lowest BCUT2D eigenvalue weighted by molar-refractivity contribution is -0.155. The molecule has 1 heterocycles. The number of fused-ring (bicyclic) bond motifs is 10. The minimum absolute atomic E-state index is 0.0289. The van der Waals surface area contributed by atoms with Gasteiger partial charge in [-0.25, -0.2) is 15.0 Å². The molecule has 9 heteroatoms. The smallest absolute Gasteiger partial charge is 0.204 e. The summed E-state index contributed by atoms with van der Waals surface area (Å²) in [6.07, 6.45) is -10.4. The molecule has 39 heavy (non-hydrogen) atoms. The van der Waals surface area contributed by atoms with Crippen molar-refractivity contribution < 1.29 is 26.3 Å². The van der Waals surface area contributed by atoms with Crippen molar-refractivity contribution in [2.75, 3.05) is 0 Å². The van der Waals surface area contributed by atoms with Crippen molar-refractivity contribution in [3.63, 3.8) is 0 Å². The van der Waals surface area contributed by atoms with Crippen LogP contribution in [0.25, 0.3) is 33.6 Å². The number of aromatic nitrogens is 3. The first-order chi connectivity index (χ1) is 18.6. The SMILES string of the molecule is FC(F)(F)c1nc(-c2ccc3c(c2)C2(c4ccccc4-c4ccccc42)c2ccccc2-3)nc(C(F)(F)F)n1. The Morgan fingerprint density at radius 2 is 0.872 bits per heavy atom. The number of hydrogen-bond donors (Lipinski definition) is 0. The summed E-state index contributed by atoms with van der Waals surface area (Å²) in [6.45, 7) is 0. The van der Waals surface area contributed by atoms with Crippen molar-refractivity contribution in [3.8, 4) is 33.6 Å². The molecular weight excluding hydrogens is 516 g/mol. The average molecular weight is 531 g/mol. The van der Waals surface area contributed by atoms with Crippen LogP contribution in [0.2, 0.25) is 0 Å². The summed E-state index contributed by atoms with van der Waals surface area (Å²) in [5.41, 5.74) is 6.70. The van der Waals surface area contributed by atoms with Crippen molar-refractivity contribution in [2.24, 2.45) is 0 Å². The van der Waals surface area contributed by atoms with Crippen LogP contribution in [0.1, 0.15) is 33.9 Å². The van der Waals surface area contributed by atoms with Gasteiger partial charge >= 0.3 is 12.4 Å². The van der Waals surface area contributed by atoms with Crippen molar-refractivity contribution in [1.29, 1.82) is 0 Å². The van der Waals surface area contributed by atoms with Crippen LogP contribution < -0.4 is 0 Å². The van der Waals surface area contributed by atoms with Crippen LogP contribution in [0.5, 0.6) is 0 Å². The largest absolute Gasteiger partial charge is 0.451 e. The molecule has 0 fully saturated rings. The van der Waals surface area contributed by atoms with Gasteiger partial charge in [0, 0.05) is 5.56 Å². The van der Waals surface area contributed by atoms with Crippen LogP contribution in [-0.4, -0.2) is 15.0 Å². The molecule has 0 saturated carbocycles. The second-order valence-corrected chi connectivity index (χ2v) is 9.45. The number of nitrogens with zero attached hydrogens (tertiary/aromatic N) is 3. The molecule has 0 N–H and O–H groups in total. The molecule has 192 valence electrons. The molecule has 0 bridgehead atoms. The fraction of sp³-hybridized carbons (Fsp3) is 0.100. The lowest BCUT2D eigenvalue weighted by atomic mass is 9.70. The second-order valence-electron chi connectivity index (χ2n) is 9.45. The van der Waals surface area contributed by atoms with Gasteiger partial charge in [-0.05, 0) is 50.6 Å². The standard InChI is InChI=1S/C30H15F6N3/c31-29(32,33)26-37-25(38-27(39-26)30(34,35)36)16-13-14-20-19-9-3-6-12-23(19)28(24(20)15-16)21-10-4-1-7-17(21)18-8-2-5-11-22(18)28/h1-15H. The molecule has 7 rings (SSSR count).